The highest BCUT2D eigenvalue weighted by Crippen LogP contribution is 2.35. The highest BCUT2D eigenvalue weighted by Gasteiger charge is 2.31. The average molecular weight is 513 g/mol. The lowest BCUT2D eigenvalue weighted by atomic mass is 10.1. The van der Waals surface area contributed by atoms with Gasteiger partial charge in [0.25, 0.3) is 5.91 Å². The van der Waals surface area contributed by atoms with Crippen LogP contribution < -0.4 is 15.4 Å². The summed E-state index contributed by atoms with van der Waals surface area (Å²) >= 11 is 6.01. The highest BCUT2D eigenvalue weighted by atomic mass is 35.5. The van der Waals surface area contributed by atoms with Crippen LogP contribution in [-0.2, 0) is 6.18 Å². The van der Waals surface area contributed by atoms with E-state index in [9.17, 15) is 18.0 Å². The van der Waals surface area contributed by atoms with Crippen LogP contribution in [0.15, 0.2) is 73.1 Å². The van der Waals surface area contributed by atoms with Gasteiger partial charge in [-0.25, -0.2) is 9.97 Å². The monoisotopic (exact) mass is 512 g/mol. The molecule has 0 spiro atoms. The second-order valence-electron chi connectivity index (χ2n) is 7.76. The first kappa shape index (κ1) is 25.0. The van der Waals surface area contributed by atoms with E-state index in [0.29, 0.717) is 23.0 Å². The van der Waals surface area contributed by atoms with Gasteiger partial charge in [0, 0.05) is 30.6 Å². The largest absolute Gasteiger partial charge is 0.438 e. The number of nitrogens with zero attached hydrogens (tertiary/aromatic N) is 2. The Bertz CT molecular complexity index is 1430. The Morgan fingerprint density at radius 2 is 1.81 bits per heavy atom. The topological polar surface area (TPSA) is 76.1 Å². The number of halogens is 4. The zero-order valence-electron chi connectivity index (χ0n) is 19.2. The Labute approximate surface area is 210 Å². The van der Waals surface area contributed by atoms with E-state index < -0.39 is 17.6 Å². The molecule has 4 rings (SSSR count). The van der Waals surface area contributed by atoms with Gasteiger partial charge in [0.1, 0.15) is 11.6 Å². The molecule has 4 aromatic rings. The number of aryl methyl sites for hydroxylation is 1. The molecule has 2 aromatic carbocycles. The average Bonchev–Trinajstić information content (AvgIpc) is 2.86. The summed E-state index contributed by atoms with van der Waals surface area (Å²) in [4.78, 5) is 21.4. The van der Waals surface area contributed by atoms with Crippen molar-refractivity contribution in [2.45, 2.75) is 13.1 Å². The third-order valence-electron chi connectivity index (χ3n) is 5.30. The molecule has 0 atom stereocenters. The molecule has 6 nitrogen and oxygen atoms in total. The van der Waals surface area contributed by atoms with E-state index in [2.05, 4.69) is 20.6 Å². The van der Waals surface area contributed by atoms with Gasteiger partial charge in [0.05, 0.1) is 16.3 Å². The third kappa shape index (κ3) is 5.58. The standard InChI is InChI=1S/C26H20ClF3N4O2/c1-15-5-6-17(24(35)34-21-14-18(26(28,29)30)7-8-20(21)27)12-22(15)36-25-19(4-3-10-33-25)16-9-11-32-23(13-16)31-2/h3-14H,1-2H3,(H,31,32)(H,34,35). The van der Waals surface area contributed by atoms with Crippen LogP contribution in [0.4, 0.5) is 24.7 Å². The minimum atomic E-state index is -4.57. The Hall–Kier alpha value is -4.11. The molecule has 0 saturated carbocycles. The van der Waals surface area contributed by atoms with Gasteiger partial charge in [-0.1, -0.05) is 17.7 Å². The number of aromatic nitrogens is 2. The van der Waals surface area contributed by atoms with Gasteiger partial charge in [-0.15, -0.1) is 0 Å². The van der Waals surface area contributed by atoms with E-state index in [1.54, 1.807) is 44.6 Å². The molecule has 36 heavy (non-hydrogen) atoms. The molecule has 1 amide bonds. The van der Waals surface area contributed by atoms with Gasteiger partial charge in [0.15, 0.2) is 0 Å². The van der Waals surface area contributed by atoms with Crippen molar-refractivity contribution >= 4 is 29.0 Å². The van der Waals surface area contributed by atoms with Crippen LogP contribution in [0.5, 0.6) is 11.6 Å². The molecule has 2 N–H and O–H groups in total. The van der Waals surface area contributed by atoms with Crippen molar-refractivity contribution in [1.82, 2.24) is 9.97 Å². The van der Waals surface area contributed by atoms with E-state index in [1.807, 2.05) is 18.2 Å². The summed E-state index contributed by atoms with van der Waals surface area (Å²) in [5.74, 6) is 0.702. The number of ether oxygens (including phenoxy) is 1. The van der Waals surface area contributed by atoms with Gasteiger partial charge in [-0.05, 0) is 72.6 Å². The van der Waals surface area contributed by atoms with E-state index in [1.165, 1.54) is 6.07 Å². The van der Waals surface area contributed by atoms with Crippen LogP contribution >= 0.6 is 11.6 Å². The summed E-state index contributed by atoms with van der Waals surface area (Å²) in [6.45, 7) is 1.80. The zero-order chi connectivity index (χ0) is 25.9. The van der Waals surface area contributed by atoms with Crippen molar-refractivity contribution in [2.24, 2.45) is 0 Å². The van der Waals surface area contributed by atoms with Gasteiger partial charge >= 0.3 is 6.18 Å². The number of carbonyl (C=O) groups is 1. The van der Waals surface area contributed by atoms with Gasteiger partial charge in [0.2, 0.25) is 5.88 Å². The quantitative estimate of drug-likeness (QED) is 0.285. The van der Waals surface area contributed by atoms with E-state index in [4.69, 9.17) is 16.3 Å². The number of nitrogens with one attached hydrogen (secondary N) is 2. The summed E-state index contributed by atoms with van der Waals surface area (Å²) in [6.07, 6.45) is -1.33. The second kappa shape index (κ2) is 10.2. The minimum absolute atomic E-state index is 0.0173. The predicted molar refractivity (Wildman–Crippen MR) is 133 cm³/mol. The van der Waals surface area contributed by atoms with Crippen LogP contribution in [0.3, 0.4) is 0 Å². The van der Waals surface area contributed by atoms with Gasteiger partial charge in [-0.3, -0.25) is 4.79 Å². The Balaban J connectivity index is 1.62. The maximum atomic E-state index is 13.1. The van der Waals surface area contributed by atoms with E-state index in [0.717, 1.165) is 29.3 Å². The minimum Gasteiger partial charge on any atom is -0.438 e. The fourth-order valence-electron chi connectivity index (χ4n) is 3.37. The third-order valence-corrected chi connectivity index (χ3v) is 5.63. The lowest BCUT2D eigenvalue weighted by molar-refractivity contribution is -0.137. The van der Waals surface area contributed by atoms with Crippen molar-refractivity contribution in [1.29, 1.82) is 0 Å². The molecule has 0 bridgehead atoms. The smallest absolute Gasteiger partial charge is 0.416 e. The van der Waals surface area contributed by atoms with Crippen molar-refractivity contribution in [2.75, 3.05) is 17.7 Å². The molecule has 10 heteroatoms. The summed E-state index contributed by atoms with van der Waals surface area (Å²) in [5, 5.41) is 5.41. The van der Waals surface area contributed by atoms with Crippen molar-refractivity contribution in [3.63, 3.8) is 0 Å². The first-order valence-corrected chi connectivity index (χ1v) is 11.1. The maximum Gasteiger partial charge on any atom is 0.416 e. The highest BCUT2D eigenvalue weighted by molar-refractivity contribution is 6.34. The number of hydrogen-bond acceptors (Lipinski definition) is 5. The number of benzene rings is 2. The number of rotatable bonds is 6. The van der Waals surface area contributed by atoms with Crippen LogP contribution in [0.1, 0.15) is 21.5 Å². The summed E-state index contributed by atoms with van der Waals surface area (Å²) in [5.41, 5.74) is 1.36. The molecule has 0 radical (unpaired) electrons. The van der Waals surface area contributed by atoms with Crippen molar-refractivity contribution in [3.8, 4) is 22.8 Å². The first-order chi connectivity index (χ1) is 17.2. The molecule has 184 valence electrons. The fourth-order valence-corrected chi connectivity index (χ4v) is 3.54. The van der Waals surface area contributed by atoms with Crippen LogP contribution in [0, 0.1) is 6.92 Å². The molecule has 0 aliphatic heterocycles. The van der Waals surface area contributed by atoms with E-state index in [-0.39, 0.29) is 16.3 Å². The number of anilines is 2. The molecular weight excluding hydrogens is 493 g/mol. The molecule has 0 saturated heterocycles. The summed E-state index contributed by atoms with van der Waals surface area (Å²) in [6, 6.07) is 14.7. The first-order valence-electron chi connectivity index (χ1n) is 10.7. The summed E-state index contributed by atoms with van der Waals surface area (Å²) < 4.78 is 45.3. The zero-order valence-corrected chi connectivity index (χ0v) is 19.9. The lowest BCUT2D eigenvalue weighted by Crippen LogP contribution is -2.14. The summed E-state index contributed by atoms with van der Waals surface area (Å²) in [7, 11) is 1.76. The molecule has 2 heterocycles. The number of alkyl halides is 3. The molecular formula is C26H20ClF3N4O2. The fraction of sp³-hybridized carbons (Fsp3) is 0.115. The molecule has 0 unspecified atom stereocenters. The van der Waals surface area contributed by atoms with E-state index >= 15 is 0 Å². The number of amides is 1. The molecule has 0 aliphatic rings. The number of carbonyl (C=O) groups excluding carboxylic acids is 1. The second-order valence-corrected chi connectivity index (χ2v) is 8.17. The molecule has 0 aliphatic carbocycles. The number of pyridine rings is 2. The van der Waals surface area contributed by atoms with Crippen LogP contribution in [0.25, 0.3) is 11.1 Å². The molecule has 0 fully saturated rings. The lowest BCUT2D eigenvalue weighted by Gasteiger charge is -2.14. The number of hydrogen-bond donors (Lipinski definition) is 2. The Kier molecular flexibility index (Phi) is 7.12. The Morgan fingerprint density at radius 3 is 2.56 bits per heavy atom. The SMILES string of the molecule is CNc1cc(-c2cccnc2Oc2cc(C(=O)Nc3cc(C(F)(F)F)ccc3Cl)ccc2C)ccn1. The van der Waals surface area contributed by atoms with Crippen molar-refractivity contribution < 1.29 is 22.7 Å². The normalized spacial score (nSPS) is 11.2. The Morgan fingerprint density at radius 1 is 1.00 bits per heavy atom. The predicted octanol–water partition coefficient (Wildman–Crippen LogP) is 7.21. The molecule has 2 aromatic heterocycles. The van der Waals surface area contributed by atoms with Gasteiger partial charge < -0.3 is 15.4 Å². The maximum absolute atomic E-state index is 13.1. The van der Waals surface area contributed by atoms with Crippen LogP contribution in [0.2, 0.25) is 5.02 Å². The van der Waals surface area contributed by atoms with Gasteiger partial charge in [-0.2, -0.15) is 13.2 Å². The van der Waals surface area contributed by atoms with Crippen molar-refractivity contribution in [3.05, 3.63) is 94.8 Å². The van der Waals surface area contributed by atoms with Crippen LogP contribution in [-0.4, -0.2) is 22.9 Å².